The SMILES string of the molecule is C1=CN[N+]=C1. The molecule has 1 heterocycles. The summed E-state index contributed by atoms with van der Waals surface area (Å²) in [4.78, 5) is 0. The van der Waals surface area contributed by atoms with E-state index in [1.54, 1.807) is 12.4 Å². The third-order valence-electron chi connectivity index (χ3n) is 0.406. The van der Waals surface area contributed by atoms with Crippen molar-refractivity contribution in [2.24, 2.45) is 0 Å². The predicted molar refractivity (Wildman–Crippen MR) is 20.5 cm³/mol. The Balaban J connectivity index is 2.61. The van der Waals surface area contributed by atoms with E-state index in [-0.39, 0.29) is 0 Å². The third-order valence-corrected chi connectivity index (χ3v) is 0.406. The molecule has 0 aliphatic carbocycles. The number of allylic oxidation sites excluding steroid dienone is 1. The van der Waals surface area contributed by atoms with Crippen LogP contribution in [0.2, 0.25) is 0 Å². The second-order valence-corrected chi connectivity index (χ2v) is 0.766. The third kappa shape index (κ3) is 0.265. The van der Waals surface area contributed by atoms with Crippen molar-refractivity contribution in [1.29, 1.82) is 0 Å². The maximum absolute atomic E-state index is 3.60. The standard InChI is InChI=1S/C3H4N2/c1-2-4-5-3-1/h1-4H/q+1. The summed E-state index contributed by atoms with van der Waals surface area (Å²) in [5.74, 6) is 0. The molecule has 0 aromatic heterocycles. The number of nitrogens with zero attached hydrogens (tertiary/aromatic N) is 1. The van der Waals surface area contributed by atoms with Crippen LogP contribution in [0.4, 0.5) is 0 Å². The lowest BCUT2D eigenvalue weighted by atomic mass is 10.7. The summed E-state index contributed by atoms with van der Waals surface area (Å²) in [6.45, 7) is 0. The normalized spacial score (nSPS) is 16.0. The molecule has 1 rings (SSSR count). The second kappa shape index (κ2) is 0.885. The van der Waals surface area contributed by atoms with Gasteiger partial charge in [-0.1, -0.05) is 0 Å². The van der Waals surface area contributed by atoms with E-state index in [1.807, 2.05) is 6.08 Å². The summed E-state index contributed by atoms with van der Waals surface area (Å²) < 4.78 is 0. The van der Waals surface area contributed by atoms with E-state index in [1.165, 1.54) is 0 Å². The summed E-state index contributed by atoms with van der Waals surface area (Å²) >= 11 is 0. The minimum Gasteiger partial charge on any atom is -0.108 e. The molecular weight excluding hydrogens is 64.0 g/mol. The molecule has 0 saturated carbocycles. The molecular formula is C3H4N2+. The first-order chi connectivity index (χ1) is 2.50. The molecule has 0 unspecified atom stereocenters. The molecule has 0 fully saturated rings. The van der Waals surface area contributed by atoms with Gasteiger partial charge in [-0.3, -0.25) is 0 Å². The van der Waals surface area contributed by atoms with Crippen LogP contribution in [0.1, 0.15) is 0 Å². The average molecular weight is 68.1 g/mol. The van der Waals surface area contributed by atoms with Gasteiger partial charge in [0.1, 0.15) is 0 Å². The summed E-state index contributed by atoms with van der Waals surface area (Å²) in [5.41, 5.74) is 2.61. The van der Waals surface area contributed by atoms with E-state index < -0.39 is 0 Å². The molecule has 2 heteroatoms. The quantitative estimate of drug-likeness (QED) is 0.404. The molecule has 25 valence electrons. The van der Waals surface area contributed by atoms with E-state index in [9.17, 15) is 0 Å². The summed E-state index contributed by atoms with van der Waals surface area (Å²) in [5, 5.41) is 3.60. The Morgan fingerprint density at radius 2 is 2.60 bits per heavy atom. The van der Waals surface area contributed by atoms with Crippen LogP contribution in [-0.2, 0) is 0 Å². The molecule has 0 spiro atoms. The maximum Gasteiger partial charge on any atom is 0.276 e. The highest BCUT2D eigenvalue weighted by Crippen LogP contribution is 1.59. The number of rotatable bonds is 0. The minimum absolute atomic E-state index is 1.69. The van der Waals surface area contributed by atoms with Crippen molar-refractivity contribution >= 4 is 6.21 Å². The largest absolute Gasteiger partial charge is 0.276 e. The predicted octanol–water partition coefficient (Wildman–Crippen LogP) is -0.575. The Morgan fingerprint density at radius 3 is 2.80 bits per heavy atom. The lowest BCUT2D eigenvalue weighted by Crippen LogP contribution is -1.99. The fraction of sp³-hybridized carbons (Fsp3) is 0. The zero-order chi connectivity index (χ0) is 3.54. The van der Waals surface area contributed by atoms with E-state index >= 15 is 0 Å². The van der Waals surface area contributed by atoms with Crippen molar-refractivity contribution in [2.45, 2.75) is 0 Å². The molecule has 0 bridgehead atoms. The van der Waals surface area contributed by atoms with Crippen LogP contribution >= 0.6 is 0 Å². The van der Waals surface area contributed by atoms with Gasteiger partial charge in [0.05, 0.1) is 6.20 Å². The first-order valence-electron chi connectivity index (χ1n) is 1.44. The van der Waals surface area contributed by atoms with Gasteiger partial charge in [0.2, 0.25) is 0 Å². The Bertz CT molecular complexity index is 63.0. The van der Waals surface area contributed by atoms with Gasteiger partial charge in [-0.15, -0.1) is 5.43 Å². The topological polar surface area (TPSA) is 26.1 Å². The molecule has 0 saturated heterocycles. The van der Waals surface area contributed by atoms with Gasteiger partial charge >= 0.3 is 0 Å². The molecule has 1 aliphatic heterocycles. The number of nitrogens with one attached hydrogen (secondary N) is 1. The molecule has 1 aliphatic rings. The molecule has 2 nitrogen and oxygen atoms in total. The van der Waals surface area contributed by atoms with Crippen molar-refractivity contribution < 1.29 is 0 Å². The van der Waals surface area contributed by atoms with Crippen molar-refractivity contribution in [3.63, 3.8) is 0 Å². The smallest absolute Gasteiger partial charge is 0.108 e. The Labute approximate surface area is 30.2 Å². The first-order valence-corrected chi connectivity index (χ1v) is 1.44. The minimum atomic E-state index is 1.69. The van der Waals surface area contributed by atoms with E-state index in [4.69, 9.17) is 0 Å². The number of hydrogen-bond donors (Lipinski definition) is 1. The monoisotopic (exact) mass is 68.0 g/mol. The van der Waals surface area contributed by atoms with Crippen LogP contribution in [0.3, 0.4) is 0 Å². The van der Waals surface area contributed by atoms with Crippen LogP contribution in [0.5, 0.6) is 0 Å². The highest BCUT2D eigenvalue weighted by atomic mass is 15.3. The van der Waals surface area contributed by atoms with Crippen molar-refractivity contribution in [3.8, 4) is 0 Å². The molecule has 1 N–H and O–H groups in total. The van der Waals surface area contributed by atoms with Gasteiger partial charge in [-0.25, -0.2) is 0 Å². The van der Waals surface area contributed by atoms with Gasteiger partial charge in [0.15, 0.2) is 5.10 Å². The van der Waals surface area contributed by atoms with Crippen LogP contribution in [0.15, 0.2) is 12.3 Å². The fourth-order valence-corrected chi connectivity index (χ4v) is 0.215. The maximum atomic E-state index is 3.60. The first kappa shape index (κ1) is 2.45. The summed E-state index contributed by atoms with van der Waals surface area (Å²) in [6, 6.07) is 0. The van der Waals surface area contributed by atoms with Crippen LogP contribution < -0.4 is 10.5 Å². The summed E-state index contributed by atoms with van der Waals surface area (Å²) in [7, 11) is 0. The molecule has 0 aromatic carbocycles. The van der Waals surface area contributed by atoms with Crippen LogP contribution in [-0.4, -0.2) is 6.21 Å². The molecule has 0 amide bonds. The fourth-order valence-electron chi connectivity index (χ4n) is 0.215. The Hall–Kier alpha value is -0.790. The van der Waals surface area contributed by atoms with Gasteiger partial charge in [-0.2, -0.15) is 0 Å². The van der Waals surface area contributed by atoms with Crippen LogP contribution in [0, 0.1) is 0 Å². The van der Waals surface area contributed by atoms with E-state index in [0.717, 1.165) is 0 Å². The van der Waals surface area contributed by atoms with E-state index in [0.29, 0.717) is 0 Å². The summed E-state index contributed by atoms with van der Waals surface area (Å²) in [6.07, 6.45) is 5.29. The lowest BCUT2D eigenvalue weighted by molar-refractivity contribution is 0.893. The molecule has 5 heavy (non-hydrogen) atoms. The Kier molecular flexibility index (Phi) is 0.433. The highest BCUT2D eigenvalue weighted by Gasteiger charge is 1.86. The van der Waals surface area contributed by atoms with Gasteiger partial charge in [-0.05, 0) is 0 Å². The Morgan fingerprint density at radius 1 is 1.60 bits per heavy atom. The average Bonchev–Trinajstić information content (AvgIpc) is 1.76. The highest BCUT2D eigenvalue weighted by molar-refractivity contribution is 5.71. The zero-order valence-corrected chi connectivity index (χ0v) is 2.68. The van der Waals surface area contributed by atoms with Crippen LogP contribution in [0.25, 0.3) is 0 Å². The molecule has 0 atom stereocenters. The number of hydrazone groups is 1. The van der Waals surface area contributed by atoms with Gasteiger partial charge in [0, 0.05) is 6.08 Å². The zero-order valence-electron chi connectivity index (χ0n) is 2.68. The lowest BCUT2D eigenvalue weighted by Gasteiger charge is -1.51. The van der Waals surface area contributed by atoms with Crippen molar-refractivity contribution in [3.05, 3.63) is 12.3 Å². The second-order valence-electron chi connectivity index (χ2n) is 0.766. The van der Waals surface area contributed by atoms with Crippen molar-refractivity contribution in [2.75, 3.05) is 0 Å². The van der Waals surface area contributed by atoms with Gasteiger partial charge in [0.25, 0.3) is 6.21 Å². The van der Waals surface area contributed by atoms with Crippen molar-refractivity contribution in [1.82, 2.24) is 10.5 Å². The number of hydrogen-bond acceptors (Lipinski definition) is 2. The molecule has 1 radical (unpaired) electrons. The van der Waals surface area contributed by atoms with Gasteiger partial charge < -0.3 is 0 Å². The molecule has 0 aromatic rings. The van der Waals surface area contributed by atoms with E-state index in [2.05, 4.69) is 10.5 Å².